The molecule has 0 radical (unpaired) electrons. The zero-order chi connectivity index (χ0) is 11.4. The second-order valence-corrected chi connectivity index (χ2v) is 7.56. The Hall–Kier alpha value is -0.0800. The van der Waals surface area contributed by atoms with Crippen LogP contribution >= 0.6 is 0 Å². The topological polar surface area (TPSA) is 52.0 Å². The molecule has 4 bridgehead atoms. The molecule has 2 heteroatoms. The number of hydrogen-bond acceptors (Lipinski definition) is 2. The molecule has 0 spiro atoms. The molecule has 0 saturated heterocycles. The van der Waals surface area contributed by atoms with Gasteiger partial charge in [0.1, 0.15) is 0 Å². The highest BCUT2D eigenvalue weighted by atomic mass is 14.7. The van der Waals surface area contributed by atoms with E-state index in [0.717, 1.165) is 19.0 Å². The Morgan fingerprint density at radius 1 is 1.00 bits per heavy atom. The van der Waals surface area contributed by atoms with Gasteiger partial charge in [0.2, 0.25) is 0 Å². The lowest BCUT2D eigenvalue weighted by atomic mass is 9.39. The summed E-state index contributed by atoms with van der Waals surface area (Å²) in [4.78, 5) is 0. The van der Waals surface area contributed by atoms with Gasteiger partial charge in [-0.15, -0.1) is 0 Å². The number of nitrogens with two attached hydrogens (primary N) is 2. The van der Waals surface area contributed by atoms with Crippen molar-refractivity contribution in [1.82, 2.24) is 0 Å². The normalized spacial score (nSPS) is 54.6. The Morgan fingerprint density at radius 3 is 2.31 bits per heavy atom. The molecule has 4 rings (SSSR count). The summed E-state index contributed by atoms with van der Waals surface area (Å²) in [7, 11) is 0. The summed E-state index contributed by atoms with van der Waals surface area (Å²) in [5.74, 6) is 0.955. The van der Waals surface area contributed by atoms with Crippen molar-refractivity contribution in [3.8, 4) is 0 Å². The molecule has 4 atom stereocenters. The minimum absolute atomic E-state index is 0.489. The van der Waals surface area contributed by atoms with Crippen molar-refractivity contribution >= 4 is 0 Å². The Balaban J connectivity index is 1.95. The predicted octanol–water partition coefficient (Wildman–Crippen LogP) is 2.27. The van der Waals surface area contributed by atoms with Crippen molar-refractivity contribution in [3.05, 3.63) is 0 Å². The molecule has 0 amide bonds. The van der Waals surface area contributed by atoms with Crippen LogP contribution in [-0.2, 0) is 0 Å². The average molecular weight is 222 g/mol. The van der Waals surface area contributed by atoms with E-state index in [2.05, 4.69) is 6.92 Å². The maximum Gasteiger partial charge on any atom is -0.00200 e. The molecular formula is C14H26N2. The molecule has 4 N–H and O–H groups in total. The van der Waals surface area contributed by atoms with Crippen molar-refractivity contribution in [2.75, 3.05) is 13.1 Å². The largest absolute Gasteiger partial charge is 0.330 e. The zero-order valence-electron chi connectivity index (χ0n) is 10.6. The maximum atomic E-state index is 6.11. The second kappa shape index (κ2) is 3.23. The monoisotopic (exact) mass is 222 g/mol. The van der Waals surface area contributed by atoms with Gasteiger partial charge in [0.25, 0.3) is 0 Å². The van der Waals surface area contributed by atoms with Gasteiger partial charge in [-0.2, -0.15) is 0 Å². The number of hydrogen-bond donors (Lipinski definition) is 2. The van der Waals surface area contributed by atoms with Gasteiger partial charge in [-0.3, -0.25) is 0 Å². The van der Waals surface area contributed by atoms with Gasteiger partial charge in [0, 0.05) is 0 Å². The van der Waals surface area contributed by atoms with E-state index < -0.39 is 0 Å². The summed E-state index contributed by atoms with van der Waals surface area (Å²) in [6.45, 7) is 4.28. The molecule has 0 unspecified atom stereocenters. The van der Waals surface area contributed by atoms with Gasteiger partial charge < -0.3 is 11.5 Å². The average Bonchev–Trinajstić information content (AvgIpc) is 2.13. The van der Waals surface area contributed by atoms with Crippen LogP contribution in [-0.4, -0.2) is 13.1 Å². The smallest absolute Gasteiger partial charge is 0.00200 e. The van der Waals surface area contributed by atoms with Crippen molar-refractivity contribution in [1.29, 1.82) is 0 Å². The first-order valence-corrected chi connectivity index (χ1v) is 6.93. The molecular weight excluding hydrogens is 196 g/mol. The summed E-state index contributed by atoms with van der Waals surface area (Å²) >= 11 is 0. The van der Waals surface area contributed by atoms with Crippen LogP contribution in [0.3, 0.4) is 0 Å². The summed E-state index contributed by atoms with van der Waals surface area (Å²) < 4.78 is 0. The first kappa shape index (κ1) is 11.0. The molecule has 4 aliphatic carbocycles. The Bertz CT molecular complexity index is 303. The van der Waals surface area contributed by atoms with Gasteiger partial charge in [-0.25, -0.2) is 0 Å². The van der Waals surface area contributed by atoms with Crippen molar-refractivity contribution < 1.29 is 0 Å². The zero-order valence-corrected chi connectivity index (χ0v) is 10.6. The third-order valence-electron chi connectivity index (χ3n) is 5.69. The van der Waals surface area contributed by atoms with Crippen LogP contribution in [0.2, 0.25) is 0 Å². The Morgan fingerprint density at radius 2 is 1.69 bits per heavy atom. The van der Waals surface area contributed by atoms with E-state index in [9.17, 15) is 0 Å². The van der Waals surface area contributed by atoms with Crippen LogP contribution in [0.1, 0.15) is 51.9 Å². The fourth-order valence-corrected chi connectivity index (χ4v) is 6.18. The quantitative estimate of drug-likeness (QED) is 0.769. The lowest BCUT2D eigenvalue weighted by molar-refractivity contribution is -0.149. The van der Waals surface area contributed by atoms with Crippen LogP contribution < -0.4 is 11.5 Å². The van der Waals surface area contributed by atoms with E-state index in [1.807, 2.05) is 0 Å². The summed E-state index contributed by atoms with van der Waals surface area (Å²) in [6, 6.07) is 0. The highest BCUT2D eigenvalue weighted by Gasteiger charge is 2.60. The minimum Gasteiger partial charge on any atom is -0.330 e. The molecule has 16 heavy (non-hydrogen) atoms. The van der Waals surface area contributed by atoms with E-state index in [4.69, 9.17) is 11.5 Å². The van der Waals surface area contributed by atoms with Crippen LogP contribution in [0, 0.1) is 22.2 Å². The fraction of sp³-hybridized carbons (Fsp3) is 1.00. The van der Waals surface area contributed by atoms with Crippen LogP contribution in [0.25, 0.3) is 0 Å². The van der Waals surface area contributed by atoms with Gasteiger partial charge in [-0.05, 0) is 80.2 Å². The van der Waals surface area contributed by atoms with E-state index >= 15 is 0 Å². The SMILES string of the molecule is C[C@@]12C[C@@H]3C[C@@](CN)(C1)C[C@@](CCN)(C3)C2. The Kier molecular flexibility index (Phi) is 2.23. The van der Waals surface area contributed by atoms with Gasteiger partial charge in [0.05, 0.1) is 0 Å². The molecule has 4 saturated carbocycles. The van der Waals surface area contributed by atoms with Gasteiger partial charge in [-0.1, -0.05) is 6.92 Å². The van der Waals surface area contributed by atoms with Crippen molar-refractivity contribution in [3.63, 3.8) is 0 Å². The summed E-state index contributed by atoms with van der Waals surface area (Å²) in [5, 5.41) is 0. The van der Waals surface area contributed by atoms with Crippen LogP contribution in [0.4, 0.5) is 0 Å². The molecule has 92 valence electrons. The third-order valence-corrected chi connectivity index (χ3v) is 5.69. The Labute approximate surface area is 99.1 Å². The molecule has 4 aliphatic rings. The van der Waals surface area contributed by atoms with E-state index in [-0.39, 0.29) is 0 Å². The molecule has 2 nitrogen and oxygen atoms in total. The van der Waals surface area contributed by atoms with E-state index in [1.54, 1.807) is 0 Å². The van der Waals surface area contributed by atoms with E-state index in [0.29, 0.717) is 16.2 Å². The molecule has 0 aliphatic heterocycles. The molecule has 0 aromatic carbocycles. The molecule has 0 aromatic rings. The van der Waals surface area contributed by atoms with Gasteiger partial charge >= 0.3 is 0 Å². The second-order valence-electron chi connectivity index (χ2n) is 7.56. The highest BCUT2D eigenvalue weighted by molar-refractivity contribution is 5.11. The lowest BCUT2D eigenvalue weighted by Gasteiger charge is -2.66. The first-order chi connectivity index (χ1) is 7.53. The number of rotatable bonds is 3. The van der Waals surface area contributed by atoms with Crippen LogP contribution in [0.5, 0.6) is 0 Å². The first-order valence-electron chi connectivity index (χ1n) is 6.93. The maximum absolute atomic E-state index is 6.11. The third kappa shape index (κ3) is 1.46. The minimum atomic E-state index is 0.489. The van der Waals surface area contributed by atoms with E-state index in [1.165, 1.54) is 44.9 Å². The molecule has 4 fully saturated rings. The fourth-order valence-electron chi connectivity index (χ4n) is 6.18. The van der Waals surface area contributed by atoms with Gasteiger partial charge in [0.15, 0.2) is 0 Å². The highest BCUT2D eigenvalue weighted by Crippen LogP contribution is 2.70. The molecule has 0 aromatic heterocycles. The van der Waals surface area contributed by atoms with Crippen molar-refractivity contribution in [2.45, 2.75) is 51.9 Å². The summed E-state index contributed by atoms with van der Waals surface area (Å²) in [6.07, 6.45) is 9.74. The molecule has 0 heterocycles. The predicted molar refractivity (Wildman–Crippen MR) is 66.9 cm³/mol. The lowest BCUT2D eigenvalue weighted by Crippen LogP contribution is -2.58. The van der Waals surface area contributed by atoms with Crippen LogP contribution in [0.15, 0.2) is 0 Å². The standard InChI is InChI=1S/C14H26N2/c1-12-4-11-5-13(7-12,2-3-15)9-14(6-11,8-12)10-16/h11H,2-10,15-16H2,1H3/t11-,12-,13-,14+/m0/s1. The van der Waals surface area contributed by atoms with Crippen molar-refractivity contribution in [2.24, 2.45) is 33.6 Å². The summed E-state index contributed by atoms with van der Waals surface area (Å²) in [5.41, 5.74) is 13.6.